The van der Waals surface area contributed by atoms with Crippen LogP contribution in [0.3, 0.4) is 0 Å². The Kier molecular flexibility index (Phi) is 4.21. The molecule has 0 aromatic heterocycles. The van der Waals surface area contributed by atoms with E-state index in [0.29, 0.717) is 24.0 Å². The largest absolute Gasteiger partial charge is 0.480 e. The number of hydrogen-bond donors (Lipinski definition) is 2. The first-order chi connectivity index (χ1) is 8.90. The van der Waals surface area contributed by atoms with Crippen LogP contribution in [0.1, 0.15) is 44.6 Å². The highest BCUT2D eigenvalue weighted by Crippen LogP contribution is 2.39. The molecule has 2 unspecified atom stereocenters. The van der Waals surface area contributed by atoms with Crippen molar-refractivity contribution >= 4 is 17.7 Å². The Morgan fingerprint density at radius 2 is 2.05 bits per heavy atom. The Hall–Kier alpha value is -1.00. The highest BCUT2D eigenvalue weighted by Gasteiger charge is 2.42. The number of hydrogen-bond acceptors (Lipinski definition) is 3. The topological polar surface area (TPSA) is 63.3 Å². The highest BCUT2D eigenvalue weighted by molar-refractivity contribution is 8.00. The van der Waals surface area contributed by atoms with Crippen LogP contribution >= 0.6 is 11.8 Å². The molecule has 0 aliphatic heterocycles. The standard InChI is InChI=1S/C15H21NO2S/c1-10(2)11-3-5-12(6-4-11)19-13-7-8-15(16,9-13)14(17)18/h3-6,10,13H,7-9,16H2,1-2H3,(H,17,18). The molecule has 0 saturated heterocycles. The number of carboxylic acids is 1. The van der Waals surface area contributed by atoms with Gasteiger partial charge in [-0.25, -0.2) is 0 Å². The van der Waals surface area contributed by atoms with Gasteiger partial charge >= 0.3 is 5.97 Å². The summed E-state index contributed by atoms with van der Waals surface area (Å²) in [5.41, 5.74) is 6.21. The van der Waals surface area contributed by atoms with E-state index in [0.717, 1.165) is 6.42 Å². The first-order valence-corrected chi connectivity index (χ1v) is 7.57. The number of carboxylic acid groups (broad SMARTS) is 1. The zero-order valence-electron chi connectivity index (χ0n) is 11.4. The van der Waals surface area contributed by atoms with Crippen LogP contribution in [-0.2, 0) is 4.79 Å². The normalized spacial score (nSPS) is 26.8. The third kappa shape index (κ3) is 3.31. The van der Waals surface area contributed by atoms with Gasteiger partial charge in [-0.3, -0.25) is 4.79 Å². The van der Waals surface area contributed by atoms with E-state index in [1.165, 1.54) is 10.5 Å². The molecule has 19 heavy (non-hydrogen) atoms. The third-order valence-corrected chi connectivity index (χ3v) is 5.06. The number of nitrogens with two attached hydrogens (primary N) is 1. The summed E-state index contributed by atoms with van der Waals surface area (Å²) in [5, 5.41) is 9.43. The van der Waals surface area contributed by atoms with Crippen molar-refractivity contribution < 1.29 is 9.90 Å². The van der Waals surface area contributed by atoms with Gasteiger partial charge in [0.05, 0.1) is 0 Å². The van der Waals surface area contributed by atoms with E-state index >= 15 is 0 Å². The molecule has 3 N–H and O–H groups in total. The molecule has 1 aromatic rings. The molecule has 0 amide bonds. The van der Waals surface area contributed by atoms with Crippen LogP contribution in [0.5, 0.6) is 0 Å². The summed E-state index contributed by atoms with van der Waals surface area (Å²) in [4.78, 5) is 12.3. The van der Waals surface area contributed by atoms with Gasteiger partial charge in [0, 0.05) is 10.1 Å². The average molecular weight is 279 g/mol. The number of aliphatic carboxylic acids is 1. The molecule has 1 fully saturated rings. The Balaban J connectivity index is 1.97. The number of rotatable bonds is 4. The molecular formula is C15H21NO2S. The molecule has 0 radical (unpaired) electrons. The van der Waals surface area contributed by atoms with Crippen LogP contribution in [0.25, 0.3) is 0 Å². The van der Waals surface area contributed by atoms with Crippen LogP contribution in [-0.4, -0.2) is 21.9 Å². The molecule has 0 bridgehead atoms. The molecule has 2 rings (SSSR count). The van der Waals surface area contributed by atoms with E-state index in [4.69, 9.17) is 10.8 Å². The summed E-state index contributed by atoms with van der Waals surface area (Å²) in [7, 11) is 0. The second-order valence-corrected chi connectivity index (χ2v) is 7.04. The Bertz CT molecular complexity index is 458. The average Bonchev–Trinajstić information content (AvgIpc) is 2.73. The Morgan fingerprint density at radius 1 is 1.42 bits per heavy atom. The minimum Gasteiger partial charge on any atom is -0.480 e. The van der Waals surface area contributed by atoms with Crippen molar-refractivity contribution in [1.82, 2.24) is 0 Å². The second kappa shape index (κ2) is 5.55. The van der Waals surface area contributed by atoms with Gasteiger partial charge in [-0.2, -0.15) is 0 Å². The lowest BCUT2D eigenvalue weighted by molar-refractivity contribution is -0.143. The molecule has 1 aliphatic rings. The quantitative estimate of drug-likeness (QED) is 0.888. The minimum atomic E-state index is -1.02. The van der Waals surface area contributed by atoms with Gasteiger partial charge < -0.3 is 10.8 Å². The van der Waals surface area contributed by atoms with Crippen molar-refractivity contribution in [2.24, 2.45) is 5.73 Å². The SMILES string of the molecule is CC(C)c1ccc(SC2CCC(N)(C(=O)O)C2)cc1. The molecule has 1 aliphatic carbocycles. The van der Waals surface area contributed by atoms with E-state index in [9.17, 15) is 4.79 Å². The summed E-state index contributed by atoms with van der Waals surface area (Å²) in [5.74, 6) is -0.333. The van der Waals surface area contributed by atoms with Gasteiger partial charge in [0.2, 0.25) is 0 Å². The fourth-order valence-electron chi connectivity index (χ4n) is 2.45. The fourth-order valence-corrected chi connectivity index (χ4v) is 3.74. The Morgan fingerprint density at radius 3 is 2.53 bits per heavy atom. The zero-order chi connectivity index (χ0) is 14.0. The summed E-state index contributed by atoms with van der Waals surface area (Å²) in [6.45, 7) is 4.35. The molecule has 2 atom stereocenters. The third-order valence-electron chi connectivity index (χ3n) is 3.78. The van der Waals surface area contributed by atoms with E-state index in [2.05, 4.69) is 38.1 Å². The molecule has 1 saturated carbocycles. The van der Waals surface area contributed by atoms with Crippen molar-refractivity contribution in [3.05, 3.63) is 29.8 Å². The predicted octanol–water partition coefficient (Wildman–Crippen LogP) is 3.24. The maximum Gasteiger partial charge on any atom is 0.323 e. The zero-order valence-corrected chi connectivity index (χ0v) is 12.2. The smallest absolute Gasteiger partial charge is 0.323 e. The van der Waals surface area contributed by atoms with Crippen LogP contribution < -0.4 is 5.73 Å². The van der Waals surface area contributed by atoms with E-state index in [-0.39, 0.29) is 0 Å². The highest BCUT2D eigenvalue weighted by atomic mass is 32.2. The van der Waals surface area contributed by atoms with Gasteiger partial charge in [0.25, 0.3) is 0 Å². The van der Waals surface area contributed by atoms with Crippen LogP contribution in [0.4, 0.5) is 0 Å². The van der Waals surface area contributed by atoms with Gasteiger partial charge in [0.1, 0.15) is 5.54 Å². The monoisotopic (exact) mass is 279 g/mol. The Labute approximate surface area is 118 Å². The molecular weight excluding hydrogens is 258 g/mol. The van der Waals surface area contributed by atoms with E-state index in [1.807, 2.05) is 0 Å². The second-order valence-electron chi connectivity index (χ2n) is 5.67. The number of benzene rings is 1. The maximum absolute atomic E-state index is 11.1. The van der Waals surface area contributed by atoms with Crippen molar-refractivity contribution in [3.8, 4) is 0 Å². The molecule has 4 heteroatoms. The molecule has 104 valence electrons. The fraction of sp³-hybridized carbons (Fsp3) is 0.533. The summed E-state index contributed by atoms with van der Waals surface area (Å²) in [6.07, 6.45) is 2.00. The summed E-state index contributed by atoms with van der Waals surface area (Å²) >= 11 is 1.75. The van der Waals surface area contributed by atoms with Gasteiger partial charge in [-0.15, -0.1) is 11.8 Å². The number of carbonyl (C=O) groups is 1. The lowest BCUT2D eigenvalue weighted by Crippen LogP contribution is -2.45. The van der Waals surface area contributed by atoms with E-state index < -0.39 is 11.5 Å². The van der Waals surface area contributed by atoms with Crippen LogP contribution in [0, 0.1) is 0 Å². The molecule has 1 aromatic carbocycles. The first-order valence-electron chi connectivity index (χ1n) is 6.69. The molecule has 0 spiro atoms. The van der Waals surface area contributed by atoms with E-state index in [1.54, 1.807) is 11.8 Å². The minimum absolute atomic E-state index is 0.311. The summed E-state index contributed by atoms with van der Waals surface area (Å²) in [6, 6.07) is 8.54. The lowest BCUT2D eigenvalue weighted by Gasteiger charge is -2.18. The van der Waals surface area contributed by atoms with Crippen molar-refractivity contribution in [2.45, 2.75) is 54.7 Å². The maximum atomic E-state index is 11.1. The first kappa shape index (κ1) is 14.4. The van der Waals surface area contributed by atoms with Crippen molar-refractivity contribution in [2.75, 3.05) is 0 Å². The lowest BCUT2D eigenvalue weighted by atomic mass is 10.0. The van der Waals surface area contributed by atoms with Crippen molar-refractivity contribution in [1.29, 1.82) is 0 Å². The molecule has 0 heterocycles. The summed E-state index contributed by atoms with van der Waals surface area (Å²) < 4.78 is 0. The predicted molar refractivity (Wildman–Crippen MR) is 78.6 cm³/mol. The van der Waals surface area contributed by atoms with Crippen LogP contribution in [0.15, 0.2) is 29.2 Å². The number of thioether (sulfide) groups is 1. The van der Waals surface area contributed by atoms with Gasteiger partial charge in [-0.05, 0) is 42.9 Å². The van der Waals surface area contributed by atoms with Gasteiger partial charge in [0.15, 0.2) is 0 Å². The molecule has 3 nitrogen and oxygen atoms in total. The van der Waals surface area contributed by atoms with Crippen molar-refractivity contribution in [3.63, 3.8) is 0 Å². The van der Waals surface area contributed by atoms with Crippen LogP contribution in [0.2, 0.25) is 0 Å². The van der Waals surface area contributed by atoms with Gasteiger partial charge in [-0.1, -0.05) is 26.0 Å².